The fraction of sp³-hybridized carbons (Fsp3) is 0.923. The number of carboxylic acid groups (broad SMARTS) is 1. The van der Waals surface area contributed by atoms with Crippen LogP contribution < -0.4 is 5.73 Å². The molecule has 0 saturated heterocycles. The molecule has 5 N–H and O–H groups in total. The summed E-state index contributed by atoms with van der Waals surface area (Å²) in [5, 5.41) is 31.1. The number of rotatable bonds is 6. The molecule has 4 aliphatic carbocycles. The normalized spacial score (nSPS) is 48.9. The zero-order chi connectivity index (χ0) is 23.4. The average Bonchev–Trinajstić information content (AvgIpc) is 3.09. The van der Waals surface area contributed by atoms with Crippen LogP contribution in [-0.2, 0) is 9.59 Å². The summed E-state index contributed by atoms with van der Waals surface area (Å²) in [4.78, 5) is 24.1. The first kappa shape index (κ1) is 24.2. The Kier molecular flexibility index (Phi) is 6.54. The van der Waals surface area contributed by atoms with Gasteiger partial charge in [0.05, 0.1) is 18.8 Å². The number of carboxylic acids is 1. The van der Waals surface area contributed by atoms with Gasteiger partial charge in [-0.3, -0.25) is 9.59 Å². The number of hydrogen-bond acceptors (Lipinski definition) is 5. The maximum absolute atomic E-state index is 12.9. The topological polar surface area (TPSA) is 121 Å². The van der Waals surface area contributed by atoms with Crippen molar-refractivity contribution in [2.24, 2.45) is 58.0 Å². The molecule has 0 amide bonds. The second kappa shape index (κ2) is 8.66. The molecule has 4 aliphatic rings. The number of fused-ring (bicyclic) bond motifs is 5. The monoisotopic (exact) mass is 449 g/mol. The van der Waals surface area contributed by atoms with Gasteiger partial charge in [0, 0.05) is 12.3 Å². The highest BCUT2D eigenvalue weighted by atomic mass is 16.4. The summed E-state index contributed by atoms with van der Waals surface area (Å²) < 4.78 is 0. The summed E-state index contributed by atoms with van der Waals surface area (Å²) in [7, 11) is 0. The zero-order valence-corrected chi connectivity index (χ0v) is 20.0. The molecule has 4 saturated carbocycles. The molecule has 6 unspecified atom stereocenters. The Morgan fingerprint density at radius 2 is 1.78 bits per heavy atom. The molecule has 32 heavy (non-hydrogen) atoms. The van der Waals surface area contributed by atoms with E-state index in [2.05, 4.69) is 20.8 Å². The van der Waals surface area contributed by atoms with Crippen molar-refractivity contribution in [2.45, 2.75) is 90.8 Å². The van der Waals surface area contributed by atoms with E-state index in [-0.39, 0.29) is 53.3 Å². The Balaban J connectivity index is 1.63. The van der Waals surface area contributed by atoms with Gasteiger partial charge in [-0.05, 0) is 97.7 Å². The first-order chi connectivity index (χ1) is 15.0. The fourth-order valence-electron chi connectivity index (χ4n) is 9.45. The number of aliphatic hydroxyl groups excluding tert-OH is 2. The van der Waals surface area contributed by atoms with Crippen LogP contribution in [-0.4, -0.2) is 45.8 Å². The molecule has 0 bridgehead atoms. The van der Waals surface area contributed by atoms with Crippen LogP contribution in [0.3, 0.4) is 0 Å². The number of hydrogen-bond donors (Lipinski definition) is 4. The quantitative estimate of drug-likeness (QED) is 0.494. The van der Waals surface area contributed by atoms with Crippen molar-refractivity contribution in [3.63, 3.8) is 0 Å². The van der Waals surface area contributed by atoms with Crippen molar-refractivity contribution in [3.8, 4) is 0 Å². The Hall–Kier alpha value is -0.980. The highest BCUT2D eigenvalue weighted by molar-refractivity contribution is 5.83. The lowest BCUT2D eigenvalue weighted by Crippen LogP contribution is -2.62. The highest BCUT2D eigenvalue weighted by Gasteiger charge is 2.65. The van der Waals surface area contributed by atoms with Gasteiger partial charge in [0.25, 0.3) is 0 Å². The third-order valence-corrected chi connectivity index (χ3v) is 11.0. The number of Topliss-reactive ketones (excluding diaryl/α,β-unsaturated/α-hetero) is 1. The van der Waals surface area contributed by atoms with Gasteiger partial charge in [0.1, 0.15) is 5.78 Å². The van der Waals surface area contributed by atoms with Crippen molar-refractivity contribution >= 4 is 11.8 Å². The Bertz CT molecular complexity index is 742. The van der Waals surface area contributed by atoms with Gasteiger partial charge in [-0.2, -0.15) is 0 Å². The summed E-state index contributed by atoms with van der Waals surface area (Å²) in [5.74, 6) is 0.968. The zero-order valence-electron chi connectivity index (χ0n) is 20.0. The van der Waals surface area contributed by atoms with Gasteiger partial charge in [-0.25, -0.2) is 0 Å². The largest absolute Gasteiger partial charge is 0.481 e. The molecule has 0 spiro atoms. The van der Waals surface area contributed by atoms with Crippen LogP contribution in [0.2, 0.25) is 0 Å². The van der Waals surface area contributed by atoms with E-state index in [1.54, 1.807) is 0 Å². The molecule has 4 rings (SSSR count). The maximum atomic E-state index is 12.9. The molecule has 0 aromatic rings. The van der Waals surface area contributed by atoms with E-state index in [9.17, 15) is 19.8 Å². The number of nitrogens with two attached hydrogens (primary N) is 1. The predicted octanol–water partition coefficient (Wildman–Crippen LogP) is 3.23. The minimum atomic E-state index is -0.725. The predicted molar refractivity (Wildman–Crippen MR) is 122 cm³/mol. The minimum absolute atomic E-state index is 0.0178. The number of ketones is 1. The van der Waals surface area contributed by atoms with Crippen LogP contribution in [0.4, 0.5) is 0 Å². The van der Waals surface area contributed by atoms with E-state index in [4.69, 9.17) is 10.8 Å². The Morgan fingerprint density at radius 3 is 2.44 bits per heavy atom. The number of carbonyl (C=O) groups is 2. The second-order valence-electron chi connectivity index (χ2n) is 12.1. The Labute approximate surface area is 192 Å². The number of aliphatic hydroxyl groups is 2. The first-order valence-corrected chi connectivity index (χ1v) is 12.8. The SMILES string of the molecule is C[C@H](CCC(=O)O)[C@H]1CCC2C3C(O)CC4C[C@@H](O)CC(C(=O)CN)[C@]4(C)C3CC[C@@]21C. The van der Waals surface area contributed by atoms with Crippen LogP contribution in [0, 0.1) is 52.3 Å². The molecule has 0 aromatic carbocycles. The van der Waals surface area contributed by atoms with Gasteiger partial charge in [-0.15, -0.1) is 0 Å². The van der Waals surface area contributed by atoms with E-state index < -0.39 is 18.2 Å². The number of carbonyl (C=O) groups excluding carboxylic acids is 1. The third-order valence-electron chi connectivity index (χ3n) is 11.0. The fourth-order valence-corrected chi connectivity index (χ4v) is 9.45. The lowest BCUT2D eigenvalue weighted by Gasteiger charge is -2.64. The van der Waals surface area contributed by atoms with Crippen molar-refractivity contribution in [1.82, 2.24) is 0 Å². The molecule has 6 nitrogen and oxygen atoms in total. The standard InChI is InChI=1S/C26H43NO5/c1-14(4-7-23(31)32)17-5-6-18-24-19(8-9-25(17,18)2)26(3)15(11-21(24)29)10-16(28)12-20(26)22(30)13-27/h14-21,24,28-29H,4-13,27H2,1-3H3,(H,31,32)/t14-,15?,16-,17-,18?,19?,20?,21?,24?,25-,26+/m1/s1. The lowest BCUT2D eigenvalue weighted by atomic mass is 9.41. The van der Waals surface area contributed by atoms with E-state index in [0.29, 0.717) is 43.4 Å². The van der Waals surface area contributed by atoms with Gasteiger partial charge in [-0.1, -0.05) is 20.8 Å². The van der Waals surface area contributed by atoms with Crippen molar-refractivity contribution in [3.05, 3.63) is 0 Å². The molecule has 182 valence electrons. The first-order valence-electron chi connectivity index (χ1n) is 12.8. The Morgan fingerprint density at radius 1 is 1.06 bits per heavy atom. The molecule has 0 radical (unpaired) electrons. The van der Waals surface area contributed by atoms with Crippen LogP contribution in [0.1, 0.15) is 78.6 Å². The van der Waals surface area contributed by atoms with Crippen molar-refractivity contribution in [2.75, 3.05) is 6.54 Å². The third kappa shape index (κ3) is 3.65. The smallest absolute Gasteiger partial charge is 0.303 e. The molecule has 0 heterocycles. The summed E-state index contributed by atoms with van der Waals surface area (Å²) in [5.41, 5.74) is 5.71. The summed E-state index contributed by atoms with van der Waals surface area (Å²) in [6.45, 7) is 6.87. The summed E-state index contributed by atoms with van der Waals surface area (Å²) in [6, 6.07) is 0. The molecule has 11 atom stereocenters. The maximum Gasteiger partial charge on any atom is 0.303 e. The molecule has 0 aromatic heterocycles. The van der Waals surface area contributed by atoms with E-state index in [1.807, 2.05) is 0 Å². The molecule has 0 aliphatic heterocycles. The van der Waals surface area contributed by atoms with Crippen molar-refractivity contribution in [1.29, 1.82) is 0 Å². The van der Waals surface area contributed by atoms with Crippen LogP contribution in [0.15, 0.2) is 0 Å². The molecular formula is C26H43NO5. The van der Waals surface area contributed by atoms with Gasteiger partial charge in [0.2, 0.25) is 0 Å². The van der Waals surface area contributed by atoms with Crippen LogP contribution in [0.25, 0.3) is 0 Å². The molecular weight excluding hydrogens is 406 g/mol. The summed E-state index contributed by atoms with van der Waals surface area (Å²) >= 11 is 0. The number of aliphatic carboxylic acids is 1. The highest BCUT2D eigenvalue weighted by Crippen LogP contribution is 2.69. The molecule has 4 fully saturated rings. The average molecular weight is 450 g/mol. The van der Waals surface area contributed by atoms with Crippen molar-refractivity contribution < 1.29 is 24.9 Å². The van der Waals surface area contributed by atoms with Crippen LogP contribution in [0.5, 0.6) is 0 Å². The minimum Gasteiger partial charge on any atom is -0.481 e. The van der Waals surface area contributed by atoms with E-state index >= 15 is 0 Å². The van der Waals surface area contributed by atoms with Crippen LogP contribution >= 0.6 is 0 Å². The van der Waals surface area contributed by atoms with Gasteiger partial charge < -0.3 is 21.1 Å². The second-order valence-corrected chi connectivity index (χ2v) is 12.1. The molecule has 6 heteroatoms. The lowest BCUT2D eigenvalue weighted by molar-refractivity contribution is -0.196. The summed E-state index contributed by atoms with van der Waals surface area (Å²) in [6.07, 6.45) is 6.12. The van der Waals surface area contributed by atoms with E-state index in [0.717, 1.165) is 25.7 Å². The van der Waals surface area contributed by atoms with E-state index in [1.165, 1.54) is 0 Å². The van der Waals surface area contributed by atoms with Gasteiger partial charge in [0.15, 0.2) is 0 Å². The van der Waals surface area contributed by atoms with Gasteiger partial charge >= 0.3 is 5.97 Å².